The molecule has 2 aromatic rings. The fraction of sp³-hybridized carbons (Fsp3) is 0.250. The summed E-state index contributed by atoms with van der Waals surface area (Å²) < 4.78 is 13.1. The molecule has 0 saturated heterocycles. The van der Waals surface area contributed by atoms with E-state index in [1.54, 1.807) is 7.11 Å². The molecule has 3 nitrogen and oxygen atoms in total. The summed E-state index contributed by atoms with van der Waals surface area (Å²) in [5, 5.41) is 3.32. The first-order chi connectivity index (χ1) is 10.2. The maximum Gasteiger partial charge on any atom is 0.128 e. The van der Waals surface area contributed by atoms with Crippen LogP contribution in [0.2, 0.25) is 0 Å². The summed E-state index contributed by atoms with van der Waals surface area (Å²) >= 11 is 5.87. The molecule has 5 heteroatoms. The highest BCUT2D eigenvalue weighted by Crippen LogP contribution is 2.27. The van der Waals surface area contributed by atoms with Gasteiger partial charge in [-0.2, -0.15) is 0 Å². The summed E-state index contributed by atoms with van der Waals surface area (Å²) in [6, 6.07) is 14.0. The molecule has 1 N–H and O–H groups in total. The fourth-order valence-electron chi connectivity index (χ4n) is 1.77. The third-order valence-corrected chi connectivity index (χ3v) is 4.33. The number of hydrogen-bond donors (Lipinski definition) is 1. The van der Waals surface area contributed by atoms with Crippen LogP contribution in [0.1, 0.15) is 5.56 Å². The molecule has 21 heavy (non-hydrogen) atoms. The van der Waals surface area contributed by atoms with Crippen molar-refractivity contribution in [3.63, 3.8) is 0 Å². The first-order valence-electron chi connectivity index (χ1n) is 6.60. The van der Waals surface area contributed by atoms with Crippen LogP contribution in [0.4, 0.5) is 0 Å². The maximum atomic E-state index is 5.84. The first kappa shape index (κ1) is 16.7. The Kier molecular flexibility index (Phi) is 6.95. The van der Waals surface area contributed by atoms with Crippen molar-refractivity contribution in [3.8, 4) is 11.5 Å². The lowest BCUT2D eigenvalue weighted by atomic mass is 10.2. The minimum atomic E-state index is 0.714. The third-order valence-electron chi connectivity index (χ3n) is 2.87. The van der Waals surface area contributed by atoms with Crippen LogP contribution >= 0.6 is 38.5 Å². The Morgan fingerprint density at radius 2 is 1.81 bits per heavy atom. The predicted octanol–water partition coefficient (Wildman–Crippen LogP) is 4.58. The summed E-state index contributed by atoms with van der Waals surface area (Å²) in [7, 11) is 1.70. The smallest absolute Gasteiger partial charge is 0.128 e. The van der Waals surface area contributed by atoms with Gasteiger partial charge in [-0.15, -0.1) is 0 Å². The predicted molar refractivity (Wildman–Crippen MR) is 97.0 cm³/mol. The molecule has 0 aromatic heterocycles. The van der Waals surface area contributed by atoms with E-state index in [0.717, 1.165) is 29.1 Å². The van der Waals surface area contributed by atoms with Crippen molar-refractivity contribution in [2.45, 2.75) is 6.54 Å². The Morgan fingerprint density at radius 1 is 1.10 bits per heavy atom. The number of methoxy groups -OCH3 is 1. The van der Waals surface area contributed by atoms with E-state index in [1.807, 2.05) is 36.4 Å². The van der Waals surface area contributed by atoms with E-state index < -0.39 is 0 Å². The summed E-state index contributed by atoms with van der Waals surface area (Å²) in [5.74, 6) is 1.66. The molecule has 0 radical (unpaired) electrons. The molecule has 112 valence electrons. The van der Waals surface area contributed by atoms with Gasteiger partial charge in [-0.1, -0.05) is 22.0 Å². The molecule has 2 rings (SSSR count). The van der Waals surface area contributed by atoms with Gasteiger partial charge in [-0.05, 0) is 64.6 Å². The zero-order valence-electron chi connectivity index (χ0n) is 11.7. The van der Waals surface area contributed by atoms with Crippen LogP contribution in [0.15, 0.2) is 46.9 Å². The Balaban J connectivity index is 1.96. The molecule has 0 aliphatic heterocycles. The van der Waals surface area contributed by atoms with Crippen LogP contribution in [-0.2, 0) is 11.3 Å². The largest absolute Gasteiger partial charge is 0.457 e. The maximum absolute atomic E-state index is 5.84. The van der Waals surface area contributed by atoms with Gasteiger partial charge in [0, 0.05) is 28.2 Å². The molecule has 0 atom stereocenters. The molecule has 0 aliphatic carbocycles. The molecular weight excluding hydrogens is 445 g/mol. The van der Waals surface area contributed by atoms with Gasteiger partial charge in [-0.25, -0.2) is 0 Å². The average Bonchev–Trinajstić information content (AvgIpc) is 2.48. The van der Waals surface area contributed by atoms with Gasteiger partial charge >= 0.3 is 0 Å². The van der Waals surface area contributed by atoms with Crippen LogP contribution in [-0.4, -0.2) is 20.3 Å². The zero-order valence-corrected chi connectivity index (χ0v) is 15.5. The lowest BCUT2D eigenvalue weighted by Crippen LogP contribution is -2.18. The van der Waals surface area contributed by atoms with Crippen molar-refractivity contribution in [2.24, 2.45) is 0 Å². The molecule has 0 saturated carbocycles. The van der Waals surface area contributed by atoms with Gasteiger partial charge < -0.3 is 14.8 Å². The van der Waals surface area contributed by atoms with E-state index in [-0.39, 0.29) is 0 Å². The minimum absolute atomic E-state index is 0.714. The molecule has 0 bridgehead atoms. The normalized spacial score (nSPS) is 10.6. The van der Waals surface area contributed by atoms with Gasteiger partial charge in [0.25, 0.3) is 0 Å². The van der Waals surface area contributed by atoms with E-state index in [4.69, 9.17) is 9.47 Å². The molecule has 2 aromatic carbocycles. The van der Waals surface area contributed by atoms with Gasteiger partial charge in [0.2, 0.25) is 0 Å². The van der Waals surface area contributed by atoms with Crippen molar-refractivity contribution >= 4 is 38.5 Å². The van der Waals surface area contributed by atoms with Crippen LogP contribution in [0, 0.1) is 3.57 Å². The van der Waals surface area contributed by atoms with Crippen molar-refractivity contribution in [3.05, 3.63) is 56.1 Å². The molecule has 0 spiro atoms. The molecule has 0 heterocycles. The van der Waals surface area contributed by atoms with E-state index in [9.17, 15) is 0 Å². The lowest BCUT2D eigenvalue weighted by molar-refractivity contribution is 0.199. The third kappa shape index (κ3) is 5.58. The van der Waals surface area contributed by atoms with Crippen molar-refractivity contribution in [1.29, 1.82) is 0 Å². The Hall–Kier alpha value is -0.630. The van der Waals surface area contributed by atoms with E-state index in [1.165, 1.54) is 9.13 Å². The summed E-state index contributed by atoms with van der Waals surface area (Å²) in [6.45, 7) is 2.35. The molecule has 0 aliphatic rings. The number of halogens is 2. The number of benzene rings is 2. The van der Waals surface area contributed by atoms with Crippen molar-refractivity contribution in [2.75, 3.05) is 20.3 Å². The highest BCUT2D eigenvalue weighted by molar-refractivity contribution is 14.1. The lowest BCUT2D eigenvalue weighted by Gasteiger charge is -2.10. The second kappa shape index (κ2) is 8.73. The monoisotopic (exact) mass is 461 g/mol. The quantitative estimate of drug-likeness (QED) is 0.483. The zero-order chi connectivity index (χ0) is 15.1. The Morgan fingerprint density at radius 3 is 2.48 bits per heavy atom. The van der Waals surface area contributed by atoms with Gasteiger partial charge in [0.05, 0.1) is 6.61 Å². The minimum Gasteiger partial charge on any atom is -0.457 e. The number of rotatable bonds is 7. The van der Waals surface area contributed by atoms with Crippen molar-refractivity contribution < 1.29 is 9.47 Å². The Bertz CT molecular complexity index is 575. The van der Waals surface area contributed by atoms with Crippen LogP contribution in [0.25, 0.3) is 0 Å². The second-order valence-corrected chi connectivity index (χ2v) is 6.58. The number of nitrogens with one attached hydrogen (secondary N) is 1. The Labute approximate surface area is 147 Å². The summed E-state index contributed by atoms with van der Waals surface area (Å²) in [5.41, 5.74) is 1.20. The van der Waals surface area contributed by atoms with Crippen molar-refractivity contribution in [1.82, 2.24) is 5.32 Å². The average molecular weight is 462 g/mol. The van der Waals surface area contributed by atoms with Crippen LogP contribution in [0.5, 0.6) is 11.5 Å². The summed E-state index contributed by atoms with van der Waals surface area (Å²) in [4.78, 5) is 0. The number of hydrogen-bond acceptors (Lipinski definition) is 3. The molecule has 0 unspecified atom stereocenters. The van der Waals surface area contributed by atoms with E-state index in [0.29, 0.717) is 6.61 Å². The van der Waals surface area contributed by atoms with Gasteiger partial charge in [0.15, 0.2) is 0 Å². The van der Waals surface area contributed by atoms with Gasteiger partial charge in [-0.3, -0.25) is 0 Å². The molecular formula is C16H17BrINO2. The topological polar surface area (TPSA) is 30.5 Å². The van der Waals surface area contributed by atoms with E-state index in [2.05, 4.69) is 49.9 Å². The first-order valence-corrected chi connectivity index (χ1v) is 8.47. The van der Waals surface area contributed by atoms with Crippen LogP contribution in [0.3, 0.4) is 0 Å². The SMILES string of the molecule is COCCNCc1ccc(Oc2ccc(I)cc2)cc1Br. The highest BCUT2D eigenvalue weighted by atomic mass is 127. The van der Waals surface area contributed by atoms with Gasteiger partial charge in [0.1, 0.15) is 11.5 Å². The van der Waals surface area contributed by atoms with E-state index >= 15 is 0 Å². The number of ether oxygens (including phenoxy) is 2. The summed E-state index contributed by atoms with van der Waals surface area (Å²) in [6.07, 6.45) is 0. The van der Waals surface area contributed by atoms with Crippen LogP contribution < -0.4 is 10.1 Å². The highest BCUT2D eigenvalue weighted by Gasteiger charge is 2.03. The fourth-order valence-corrected chi connectivity index (χ4v) is 2.63. The molecule has 0 amide bonds. The second-order valence-electron chi connectivity index (χ2n) is 4.48. The standard InChI is InChI=1S/C16H17BrINO2/c1-20-9-8-19-11-12-2-5-15(10-16(12)17)21-14-6-3-13(18)4-7-14/h2-7,10,19H,8-9,11H2,1H3. The molecule has 0 fully saturated rings.